The van der Waals surface area contributed by atoms with Crippen molar-refractivity contribution in [2.24, 2.45) is 5.41 Å². The summed E-state index contributed by atoms with van der Waals surface area (Å²) in [7, 11) is 0. The van der Waals surface area contributed by atoms with Gasteiger partial charge in [0.05, 0.1) is 0 Å². The molecule has 0 atom stereocenters. The second-order valence-corrected chi connectivity index (χ2v) is 4.99. The molecular formula is C14H21NO2. The molecule has 0 bridgehead atoms. The van der Waals surface area contributed by atoms with Gasteiger partial charge in [-0.1, -0.05) is 26.7 Å². The van der Waals surface area contributed by atoms with Gasteiger partial charge in [0.1, 0.15) is 0 Å². The molecule has 1 aliphatic rings. The van der Waals surface area contributed by atoms with Crippen LogP contribution in [0.2, 0.25) is 0 Å². The number of carbonyl (C=O) groups excluding carboxylic acids is 1. The maximum atomic E-state index is 10.6. The van der Waals surface area contributed by atoms with E-state index in [1.54, 1.807) is 6.07 Å². The van der Waals surface area contributed by atoms with E-state index in [0.717, 1.165) is 25.3 Å². The summed E-state index contributed by atoms with van der Waals surface area (Å²) in [5.41, 5.74) is 0.524. The van der Waals surface area contributed by atoms with Crippen molar-refractivity contribution in [3.8, 4) is 0 Å². The Balaban J connectivity index is 2.01. The fourth-order valence-corrected chi connectivity index (χ4v) is 2.73. The van der Waals surface area contributed by atoms with Crippen LogP contribution in [0, 0.1) is 5.41 Å². The van der Waals surface area contributed by atoms with Crippen molar-refractivity contribution in [3.05, 3.63) is 17.9 Å². The highest BCUT2D eigenvalue weighted by Gasteiger charge is 2.31. The van der Waals surface area contributed by atoms with E-state index in [9.17, 15) is 4.79 Å². The summed E-state index contributed by atoms with van der Waals surface area (Å²) in [5, 5.41) is 0. The molecule has 2 rings (SSSR count). The maximum absolute atomic E-state index is 10.6. The van der Waals surface area contributed by atoms with Crippen molar-refractivity contribution in [1.82, 2.24) is 0 Å². The molecule has 0 aromatic carbocycles. The quantitative estimate of drug-likeness (QED) is 0.749. The third-order valence-electron chi connectivity index (χ3n) is 4.36. The molecule has 0 amide bonds. The molecule has 94 valence electrons. The molecule has 0 saturated carbocycles. The van der Waals surface area contributed by atoms with Gasteiger partial charge >= 0.3 is 0 Å². The first-order chi connectivity index (χ1) is 8.23. The number of piperidine rings is 1. The highest BCUT2D eigenvalue weighted by molar-refractivity contribution is 5.71. The molecule has 0 unspecified atom stereocenters. The van der Waals surface area contributed by atoms with Crippen LogP contribution >= 0.6 is 0 Å². The predicted molar refractivity (Wildman–Crippen MR) is 68.6 cm³/mol. The van der Waals surface area contributed by atoms with Crippen LogP contribution in [-0.2, 0) is 0 Å². The van der Waals surface area contributed by atoms with E-state index in [-0.39, 0.29) is 0 Å². The molecule has 3 nitrogen and oxygen atoms in total. The zero-order valence-electron chi connectivity index (χ0n) is 10.7. The number of furan rings is 1. The molecule has 3 heteroatoms. The Hall–Kier alpha value is -1.25. The van der Waals surface area contributed by atoms with Gasteiger partial charge in [0.25, 0.3) is 0 Å². The molecule has 1 saturated heterocycles. The Labute approximate surface area is 103 Å². The van der Waals surface area contributed by atoms with E-state index < -0.39 is 0 Å². The molecule has 2 heterocycles. The molecule has 0 spiro atoms. The first-order valence-corrected chi connectivity index (χ1v) is 6.53. The van der Waals surface area contributed by atoms with Gasteiger partial charge in [-0.25, -0.2) is 0 Å². The average molecular weight is 235 g/mol. The largest absolute Gasteiger partial charge is 0.438 e. The van der Waals surface area contributed by atoms with Gasteiger partial charge < -0.3 is 9.32 Å². The number of hydrogen-bond donors (Lipinski definition) is 0. The van der Waals surface area contributed by atoms with E-state index in [2.05, 4.69) is 18.7 Å². The number of hydrogen-bond acceptors (Lipinski definition) is 3. The Bertz CT molecular complexity index is 369. The van der Waals surface area contributed by atoms with Crippen molar-refractivity contribution in [2.45, 2.75) is 39.5 Å². The van der Waals surface area contributed by atoms with Gasteiger partial charge in [0, 0.05) is 19.2 Å². The lowest BCUT2D eigenvalue weighted by Crippen LogP contribution is -2.39. The van der Waals surface area contributed by atoms with Crippen LogP contribution in [0.15, 0.2) is 16.5 Å². The van der Waals surface area contributed by atoms with Gasteiger partial charge in [0.2, 0.25) is 0 Å². The number of nitrogens with zero attached hydrogens (tertiary/aromatic N) is 1. The number of rotatable bonds is 4. The minimum atomic E-state index is 0.419. The Kier molecular flexibility index (Phi) is 3.55. The minimum absolute atomic E-state index is 0.419. The van der Waals surface area contributed by atoms with Crippen molar-refractivity contribution in [2.75, 3.05) is 18.0 Å². The summed E-state index contributed by atoms with van der Waals surface area (Å²) >= 11 is 0. The Morgan fingerprint density at radius 2 is 1.94 bits per heavy atom. The highest BCUT2D eigenvalue weighted by Crippen LogP contribution is 2.39. The number of aldehydes is 1. The van der Waals surface area contributed by atoms with Gasteiger partial charge in [0.15, 0.2) is 17.9 Å². The third-order valence-corrected chi connectivity index (χ3v) is 4.36. The van der Waals surface area contributed by atoms with Crippen molar-refractivity contribution in [3.63, 3.8) is 0 Å². The standard InChI is InChI=1S/C14H21NO2/c1-3-14(4-2)7-9-15(10-8-14)13-6-5-12(11-16)17-13/h5-6,11H,3-4,7-10H2,1-2H3. The summed E-state index contributed by atoms with van der Waals surface area (Å²) in [6.07, 6.45) is 5.72. The second kappa shape index (κ2) is 4.94. The number of carbonyl (C=O) groups is 1. The zero-order chi connectivity index (χ0) is 12.3. The lowest BCUT2D eigenvalue weighted by Gasteiger charge is -2.40. The van der Waals surface area contributed by atoms with Crippen molar-refractivity contribution < 1.29 is 9.21 Å². The lowest BCUT2D eigenvalue weighted by atomic mass is 9.74. The summed E-state index contributed by atoms with van der Waals surface area (Å²) < 4.78 is 5.47. The topological polar surface area (TPSA) is 33.5 Å². The molecular weight excluding hydrogens is 214 g/mol. The Morgan fingerprint density at radius 3 is 2.41 bits per heavy atom. The molecule has 0 N–H and O–H groups in total. The summed E-state index contributed by atoms with van der Waals surface area (Å²) in [6, 6.07) is 3.64. The molecule has 1 aliphatic heterocycles. The van der Waals surface area contributed by atoms with Crippen molar-refractivity contribution in [1.29, 1.82) is 0 Å². The first-order valence-electron chi connectivity index (χ1n) is 6.53. The van der Waals surface area contributed by atoms with Gasteiger partial charge in [-0.15, -0.1) is 0 Å². The fourth-order valence-electron chi connectivity index (χ4n) is 2.73. The smallest absolute Gasteiger partial charge is 0.196 e. The van der Waals surface area contributed by atoms with Gasteiger partial charge in [-0.05, 0) is 24.3 Å². The molecule has 0 radical (unpaired) electrons. The summed E-state index contributed by atoms with van der Waals surface area (Å²) in [6.45, 7) is 6.65. The Morgan fingerprint density at radius 1 is 1.29 bits per heavy atom. The monoisotopic (exact) mass is 235 g/mol. The zero-order valence-corrected chi connectivity index (χ0v) is 10.7. The van der Waals surface area contributed by atoms with Crippen LogP contribution in [0.3, 0.4) is 0 Å². The first kappa shape index (κ1) is 12.2. The van der Waals surface area contributed by atoms with E-state index in [1.165, 1.54) is 25.7 Å². The fraction of sp³-hybridized carbons (Fsp3) is 0.643. The highest BCUT2D eigenvalue weighted by atomic mass is 16.4. The SMILES string of the molecule is CCC1(CC)CCN(c2ccc(C=O)o2)CC1. The molecule has 17 heavy (non-hydrogen) atoms. The van der Waals surface area contributed by atoms with Crippen LogP contribution in [0.1, 0.15) is 50.1 Å². The van der Waals surface area contributed by atoms with E-state index in [4.69, 9.17) is 4.42 Å². The number of anilines is 1. The average Bonchev–Trinajstić information content (AvgIpc) is 2.87. The predicted octanol–water partition coefficient (Wildman–Crippen LogP) is 3.50. The van der Waals surface area contributed by atoms with E-state index in [0.29, 0.717) is 11.2 Å². The van der Waals surface area contributed by atoms with Crippen LogP contribution in [0.25, 0.3) is 0 Å². The molecule has 1 aromatic heterocycles. The van der Waals surface area contributed by atoms with Crippen LogP contribution in [0.5, 0.6) is 0 Å². The van der Waals surface area contributed by atoms with E-state index >= 15 is 0 Å². The van der Waals surface area contributed by atoms with E-state index in [1.807, 2.05) is 6.07 Å². The van der Waals surface area contributed by atoms with Crippen LogP contribution in [-0.4, -0.2) is 19.4 Å². The maximum Gasteiger partial charge on any atom is 0.196 e. The second-order valence-electron chi connectivity index (χ2n) is 4.99. The summed E-state index contributed by atoms with van der Waals surface area (Å²) in [4.78, 5) is 12.8. The lowest BCUT2D eigenvalue weighted by molar-refractivity contribution is 0.110. The summed E-state index contributed by atoms with van der Waals surface area (Å²) in [5.74, 6) is 1.26. The van der Waals surface area contributed by atoms with Gasteiger partial charge in [-0.2, -0.15) is 0 Å². The van der Waals surface area contributed by atoms with Crippen LogP contribution < -0.4 is 4.90 Å². The normalized spacial score (nSPS) is 19.3. The molecule has 1 fully saturated rings. The van der Waals surface area contributed by atoms with Gasteiger partial charge in [-0.3, -0.25) is 4.79 Å². The molecule has 1 aromatic rings. The third kappa shape index (κ3) is 2.38. The van der Waals surface area contributed by atoms with Crippen LogP contribution in [0.4, 0.5) is 5.88 Å². The van der Waals surface area contributed by atoms with Crippen molar-refractivity contribution >= 4 is 12.2 Å². The minimum Gasteiger partial charge on any atom is -0.438 e. The molecule has 0 aliphatic carbocycles.